The second-order valence-electron chi connectivity index (χ2n) is 6.94. The van der Waals surface area contributed by atoms with Crippen LogP contribution in [0.4, 0.5) is 10.8 Å². The average Bonchev–Trinajstić information content (AvgIpc) is 3.22. The highest BCUT2D eigenvalue weighted by molar-refractivity contribution is 7.13. The minimum absolute atomic E-state index is 0.233. The second kappa shape index (κ2) is 5.96. The van der Waals surface area contributed by atoms with E-state index in [2.05, 4.69) is 10.3 Å². The lowest BCUT2D eigenvalue weighted by molar-refractivity contribution is -0.160. The highest BCUT2D eigenvalue weighted by Crippen LogP contribution is 2.52. The molecular weight excluding hydrogens is 376 g/mol. The number of thiazole rings is 1. The number of halogens is 1. The Bertz CT molecular complexity index is 901. The van der Waals surface area contributed by atoms with Crippen LogP contribution in [-0.2, 0) is 24.7 Å². The number of nitrogens with zero attached hydrogens (tertiary/aromatic N) is 1. The molecule has 2 aliphatic rings. The number of aromatic nitrogens is 1. The first-order valence-electron chi connectivity index (χ1n) is 8.24. The molecule has 1 spiro atoms. The van der Waals surface area contributed by atoms with E-state index >= 15 is 0 Å². The Morgan fingerprint density at radius 2 is 2.08 bits per heavy atom. The predicted molar refractivity (Wildman–Crippen MR) is 97.5 cm³/mol. The van der Waals surface area contributed by atoms with Crippen LogP contribution in [0.1, 0.15) is 32.4 Å². The molecule has 1 aromatic carbocycles. The van der Waals surface area contributed by atoms with Crippen molar-refractivity contribution in [1.29, 1.82) is 0 Å². The van der Waals surface area contributed by atoms with E-state index in [0.717, 1.165) is 5.69 Å². The lowest BCUT2D eigenvalue weighted by Gasteiger charge is -2.20. The molecule has 1 aromatic heterocycles. The zero-order valence-electron chi connectivity index (χ0n) is 14.2. The molecule has 26 heavy (non-hydrogen) atoms. The van der Waals surface area contributed by atoms with Crippen molar-refractivity contribution >= 4 is 45.7 Å². The molecule has 4 rings (SSSR count). The van der Waals surface area contributed by atoms with Gasteiger partial charge in [0.1, 0.15) is 6.10 Å². The fourth-order valence-corrected chi connectivity index (χ4v) is 4.63. The van der Waals surface area contributed by atoms with Gasteiger partial charge in [-0.15, -0.1) is 11.3 Å². The van der Waals surface area contributed by atoms with Gasteiger partial charge in [-0.25, -0.2) is 4.98 Å². The van der Waals surface area contributed by atoms with Gasteiger partial charge >= 0.3 is 11.9 Å². The van der Waals surface area contributed by atoms with Gasteiger partial charge in [0, 0.05) is 18.2 Å². The van der Waals surface area contributed by atoms with E-state index in [0.29, 0.717) is 22.3 Å². The minimum Gasteiger partial charge on any atom is -0.462 e. The van der Waals surface area contributed by atoms with Crippen LogP contribution in [0, 0.1) is 5.41 Å². The van der Waals surface area contributed by atoms with Gasteiger partial charge in [0.25, 0.3) is 0 Å². The largest absolute Gasteiger partial charge is 0.462 e. The van der Waals surface area contributed by atoms with Gasteiger partial charge in [-0.2, -0.15) is 0 Å². The number of anilines is 2. The van der Waals surface area contributed by atoms with Crippen molar-refractivity contribution in [3.8, 4) is 0 Å². The molecule has 2 saturated heterocycles. The van der Waals surface area contributed by atoms with Crippen LogP contribution in [0.25, 0.3) is 0 Å². The van der Waals surface area contributed by atoms with Gasteiger partial charge in [-0.1, -0.05) is 23.7 Å². The summed E-state index contributed by atoms with van der Waals surface area (Å²) in [5.74, 6) is -1.02. The van der Waals surface area contributed by atoms with Crippen LogP contribution in [0.5, 0.6) is 0 Å². The maximum absolute atomic E-state index is 12.5. The fourth-order valence-electron chi connectivity index (χ4n) is 3.60. The molecule has 2 fully saturated rings. The van der Waals surface area contributed by atoms with Crippen molar-refractivity contribution < 1.29 is 19.1 Å². The quantitative estimate of drug-likeness (QED) is 0.627. The van der Waals surface area contributed by atoms with E-state index in [1.54, 1.807) is 19.9 Å². The van der Waals surface area contributed by atoms with Crippen LogP contribution in [0.2, 0.25) is 5.02 Å². The molecule has 0 saturated carbocycles. The van der Waals surface area contributed by atoms with Crippen LogP contribution < -0.4 is 5.32 Å². The number of benzene rings is 1. The molecule has 2 aromatic rings. The number of ether oxygens (including phenoxy) is 2. The summed E-state index contributed by atoms with van der Waals surface area (Å²) >= 11 is 7.54. The molecule has 1 N–H and O–H groups in total. The summed E-state index contributed by atoms with van der Waals surface area (Å²) in [6.07, 6.45) is 0.289. The summed E-state index contributed by atoms with van der Waals surface area (Å²) in [5.41, 5.74) is -0.825. The zero-order valence-corrected chi connectivity index (χ0v) is 15.8. The van der Waals surface area contributed by atoms with Gasteiger partial charge in [-0.05, 0) is 26.0 Å². The molecule has 6 nitrogen and oxygen atoms in total. The number of nitrogens with one attached hydrogen (secondary N) is 1. The number of para-hydroxylation sites is 1. The summed E-state index contributed by atoms with van der Waals surface area (Å²) in [6.45, 7) is 3.56. The van der Waals surface area contributed by atoms with E-state index < -0.39 is 23.0 Å². The third-order valence-electron chi connectivity index (χ3n) is 4.84. The molecule has 0 bridgehead atoms. The highest BCUT2D eigenvalue weighted by Gasteiger charge is 2.65. The Hall–Kier alpha value is -2.12. The van der Waals surface area contributed by atoms with Crippen LogP contribution in [0.3, 0.4) is 0 Å². The molecule has 3 heterocycles. The topological polar surface area (TPSA) is 77.5 Å². The first kappa shape index (κ1) is 17.3. The number of esters is 2. The van der Waals surface area contributed by atoms with E-state index in [-0.39, 0.29) is 12.5 Å². The van der Waals surface area contributed by atoms with E-state index in [9.17, 15) is 9.59 Å². The maximum Gasteiger partial charge on any atom is 0.324 e. The first-order valence-corrected chi connectivity index (χ1v) is 9.50. The number of carbonyl (C=O) groups is 2. The molecule has 8 heteroatoms. The number of hydrogen-bond donors (Lipinski definition) is 1. The predicted octanol–water partition coefficient (Wildman–Crippen LogP) is 4.02. The molecule has 0 amide bonds. The molecule has 3 atom stereocenters. The first-order chi connectivity index (χ1) is 12.3. The normalized spacial score (nSPS) is 30.5. The van der Waals surface area contributed by atoms with Gasteiger partial charge in [0.15, 0.2) is 16.1 Å². The van der Waals surface area contributed by atoms with Crippen molar-refractivity contribution in [2.75, 3.05) is 5.32 Å². The number of rotatable bonds is 3. The highest BCUT2D eigenvalue weighted by atomic mass is 35.5. The lowest BCUT2D eigenvalue weighted by atomic mass is 9.78. The number of carbonyl (C=O) groups excluding carboxylic acids is 2. The monoisotopic (exact) mass is 392 g/mol. The summed E-state index contributed by atoms with van der Waals surface area (Å²) in [4.78, 5) is 29.3. The maximum atomic E-state index is 12.5. The van der Waals surface area contributed by atoms with Gasteiger partial charge in [0.2, 0.25) is 0 Å². The summed E-state index contributed by atoms with van der Waals surface area (Å²) < 4.78 is 10.8. The average molecular weight is 393 g/mol. The third-order valence-corrected chi connectivity index (χ3v) is 5.93. The lowest BCUT2D eigenvalue weighted by Crippen LogP contribution is -2.31. The third kappa shape index (κ3) is 2.66. The molecule has 2 aliphatic heterocycles. The minimum atomic E-state index is -1.21. The Balaban J connectivity index is 1.59. The van der Waals surface area contributed by atoms with Crippen LogP contribution in [0.15, 0.2) is 29.6 Å². The number of hydrogen-bond acceptors (Lipinski definition) is 7. The van der Waals surface area contributed by atoms with Gasteiger partial charge < -0.3 is 14.8 Å². The summed E-state index contributed by atoms with van der Waals surface area (Å²) in [6, 6.07) is 7.36. The van der Waals surface area contributed by atoms with E-state index in [1.165, 1.54) is 11.3 Å². The van der Waals surface area contributed by atoms with Crippen LogP contribution >= 0.6 is 22.9 Å². The van der Waals surface area contributed by atoms with Crippen molar-refractivity contribution in [2.24, 2.45) is 5.41 Å². The van der Waals surface area contributed by atoms with Crippen molar-refractivity contribution in [1.82, 2.24) is 4.98 Å². The Morgan fingerprint density at radius 1 is 1.31 bits per heavy atom. The molecule has 136 valence electrons. The summed E-state index contributed by atoms with van der Waals surface area (Å²) in [7, 11) is 0. The van der Waals surface area contributed by atoms with Crippen molar-refractivity contribution in [3.05, 3.63) is 40.4 Å². The zero-order chi connectivity index (χ0) is 18.5. The molecule has 0 unspecified atom stereocenters. The second-order valence-corrected chi connectivity index (χ2v) is 8.21. The summed E-state index contributed by atoms with van der Waals surface area (Å²) in [5, 5.41) is 6.21. The van der Waals surface area contributed by atoms with Crippen molar-refractivity contribution in [2.45, 2.75) is 38.4 Å². The van der Waals surface area contributed by atoms with Crippen LogP contribution in [-0.4, -0.2) is 23.0 Å². The molecule has 0 aliphatic carbocycles. The molecular formula is C18H17ClN2O4S. The Morgan fingerprint density at radius 3 is 2.77 bits per heavy atom. The Labute approximate surface area is 159 Å². The number of cyclic esters (lactones) is 2. The Kier molecular flexibility index (Phi) is 3.96. The van der Waals surface area contributed by atoms with Crippen molar-refractivity contribution in [3.63, 3.8) is 0 Å². The van der Waals surface area contributed by atoms with Gasteiger partial charge in [-0.3, -0.25) is 9.59 Å². The standard InChI is InChI=1S/C18H17ClN2O4S/c1-10-7-18(14(22)24-10)9-17(2,25-15(18)23)13-8-26-16(21-13)20-12-6-4-3-5-11(12)19/h3-6,8,10H,7,9H2,1-2H3,(H,20,21)/t10-,17+,18+/m1/s1. The fraction of sp³-hybridized carbons (Fsp3) is 0.389. The SMILES string of the molecule is C[C@@H]1C[C@]2(C[C@@](C)(c3csc(Nc4ccccc4Cl)n3)OC2=O)C(=O)O1. The smallest absolute Gasteiger partial charge is 0.324 e. The molecule has 0 radical (unpaired) electrons. The van der Waals surface area contributed by atoms with E-state index in [4.69, 9.17) is 21.1 Å². The van der Waals surface area contributed by atoms with Gasteiger partial charge in [0.05, 0.1) is 16.4 Å². The van der Waals surface area contributed by atoms with E-state index in [1.807, 2.05) is 23.6 Å².